The van der Waals surface area contributed by atoms with Crippen molar-refractivity contribution in [1.82, 2.24) is 4.90 Å². The van der Waals surface area contributed by atoms with Crippen LogP contribution in [0.1, 0.15) is 31.2 Å². The van der Waals surface area contributed by atoms with Gasteiger partial charge in [-0.1, -0.05) is 18.2 Å². The Morgan fingerprint density at radius 2 is 1.92 bits per heavy atom. The third-order valence-corrected chi connectivity index (χ3v) is 5.05. The highest BCUT2D eigenvalue weighted by Crippen LogP contribution is 2.27. The Kier molecular flexibility index (Phi) is 6.11. The van der Waals surface area contributed by atoms with Crippen molar-refractivity contribution in [2.75, 3.05) is 26.8 Å². The summed E-state index contributed by atoms with van der Waals surface area (Å²) in [5, 5.41) is 19.9. The van der Waals surface area contributed by atoms with Crippen molar-refractivity contribution in [3.63, 3.8) is 0 Å². The molecule has 134 valence electrons. The third-order valence-electron chi connectivity index (χ3n) is 5.05. The number of ether oxygens (including phenoxy) is 2. The van der Waals surface area contributed by atoms with Crippen molar-refractivity contribution in [3.05, 3.63) is 29.8 Å². The molecule has 5 nitrogen and oxygen atoms in total. The molecular formula is C19H29NO4. The summed E-state index contributed by atoms with van der Waals surface area (Å²) in [7, 11) is 2.03. The van der Waals surface area contributed by atoms with E-state index in [4.69, 9.17) is 9.47 Å². The van der Waals surface area contributed by atoms with Gasteiger partial charge < -0.3 is 24.6 Å². The first-order valence-electron chi connectivity index (χ1n) is 9.00. The fourth-order valence-electron chi connectivity index (χ4n) is 3.70. The van der Waals surface area contributed by atoms with Crippen LogP contribution in [0.2, 0.25) is 0 Å². The SMILES string of the molecule is CN(Cc1ccccc1OC1CCCC1)C[C@@H]1COC[C@@H](O)[C@H]1O. The highest BCUT2D eigenvalue weighted by atomic mass is 16.5. The number of aliphatic hydroxyl groups excluding tert-OH is 2. The predicted molar refractivity (Wildman–Crippen MR) is 92.0 cm³/mol. The van der Waals surface area contributed by atoms with Crippen molar-refractivity contribution in [2.45, 2.75) is 50.5 Å². The summed E-state index contributed by atoms with van der Waals surface area (Å²) < 4.78 is 11.6. The first-order valence-corrected chi connectivity index (χ1v) is 9.00. The fraction of sp³-hybridized carbons (Fsp3) is 0.684. The summed E-state index contributed by atoms with van der Waals surface area (Å²) in [6, 6.07) is 8.20. The van der Waals surface area contributed by atoms with Gasteiger partial charge in [0.1, 0.15) is 11.9 Å². The standard InChI is InChI=1S/C19H29NO4/c1-20(11-15-12-23-13-17(21)19(15)22)10-14-6-2-5-9-18(14)24-16-7-3-4-8-16/h2,5-6,9,15-17,19,21-22H,3-4,7-8,10-13H2,1H3/t15-,17-,19+/m1/s1. The van der Waals surface area contributed by atoms with Crippen LogP contribution in [0.3, 0.4) is 0 Å². The molecule has 1 aromatic rings. The van der Waals surface area contributed by atoms with E-state index in [1.54, 1.807) is 0 Å². The number of benzene rings is 1. The maximum atomic E-state index is 10.1. The summed E-state index contributed by atoms with van der Waals surface area (Å²) in [4.78, 5) is 2.16. The Bertz CT molecular complexity index is 518. The molecule has 0 bridgehead atoms. The molecule has 1 heterocycles. The van der Waals surface area contributed by atoms with Crippen LogP contribution in [0, 0.1) is 5.92 Å². The molecule has 2 fully saturated rings. The second-order valence-corrected chi connectivity index (χ2v) is 7.18. The Morgan fingerprint density at radius 3 is 2.71 bits per heavy atom. The molecule has 1 saturated heterocycles. The van der Waals surface area contributed by atoms with Gasteiger partial charge in [-0.05, 0) is 38.8 Å². The first-order chi connectivity index (χ1) is 11.6. The van der Waals surface area contributed by atoms with E-state index in [1.807, 2.05) is 25.2 Å². The topological polar surface area (TPSA) is 62.2 Å². The van der Waals surface area contributed by atoms with Gasteiger partial charge in [-0.2, -0.15) is 0 Å². The first kappa shape index (κ1) is 17.7. The van der Waals surface area contributed by atoms with Crippen LogP contribution >= 0.6 is 0 Å². The van der Waals surface area contributed by atoms with Gasteiger partial charge in [-0.3, -0.25) is 0 Å². The van der Waals surface area contributed by atoms with Crippen molar-refractivity contribution in [3.8, 4) is 5.75 Å². The lowest BCUT2D eigenvalue weighted by atomic mass is 9.96. The van der Waals surface area contributed by atoms with Gasteiger partial charge >= 0.3 is 0 Å². The van der Waals surface area contributed by atoms with Gasteiger partial charge in [-0.15, -0.1) is 0 Å². The molecule has 2 N–H and O–H groups in total. The molecule has 5 heteroatoms. The lowest BCUT2D eigenvalue weighted by Gasteiger charge is -2.34. The van der Waals surface area contributed by atoms with Crippen LogP contribution in [0.4, 0.5) is 0 Å². The summed E-state index contributed by atoms with van der Waals surface area (Å²) in [6.07, 6.45) is 3.66. The molecule has 24 heavy (non-hydrogen) atoms. The molecule has 1 aliphatic heterocycles. The summed E-state index contributed by atoms with van der Waals surface area (Å²) in [6.45, 7) is 2.14. The van der Waals surface area contributed by atoms with Gasteiger partial charge in [-0.25, -0.2) is 0 Å². The average molecular weight is 335 g/mol. The zero-order valence-corrected chi connectivity index (χ0v) is 14.4. The Balaban J connectivity index is 1.58. The monoisotopic (exact) mass is 335 g/mol. The van der Waals surface area contributed by atoms with Gasteiger partial charge in [0.05, 0.1) is 25.4 Å². The van der Waals surface area contributed by atoms with Crippen LogP contribution in [0.15, 0.2) is 24.3 Å². The smallest absolute Gasteiger partial charge is 0.124 e. The van der Waals surface area contributed by atoms with Crippen molar-refractivity contribution < 1.29 is 19.7 Å². The van der Waals surface area contributed by atoms with Crippen LogP contribution in [-0.2, 0) is 11.3 Å². The molecule has 3 rings (SSSR count). The maximum Gasteiger partial charge on any atom is 0.124 e. The highest BCUT2D eigenvalue weighted by molar-refractivity contribution is 5.33. The second-order valence-electron chi connectivity index (χ2n) is 7.18. The quantitative estimate of drug-likeness (QED) is 0.830. The number of hydrogen-bond acceptors (Lipinski definition) is 5. The zero-order chi connectivity index (χ0) is 16.9. The summed E-state index contributed by atoms with van der Waals surface area (Å²) in [5.41, 5.74) is 1.17. The molecule has 1 aliphatic carbocycles. The number of aliphatic hydroxyl groups is 2. The minimum Gasteiger partial charge on any atom is -0.490 e. The van der Waals surface area contributed by atoms with Gasteiger partial charge in [0.2, 0.25) is 0 Å². The lowest BCUT2D eigenvalue weighted by molar-refractivity contribution is -0.125. The molecule has 0 unspecified atom stereocenters. The Labute approximate surface area is 144 Å². The maximum absolute atomic E-state index is 10.1. The van der Waals surface area contributed by atoms with Crippen molar-refractivity contribution in [1.29, 1.82) is 0 Å². The molecule has 2 aliphatic rings. The molecule has 0 radical (unpaired) electrons. The fourth-order valence-corrected chi connectivity index (χ4v) is 3.70. The van der Waals surface area contributed by atoms with Gasteiger partial charge in [0.25, 0.3) is 0 Å². The average Bonchev–Trinajstić information content (AvgIpc) is 3.07. The zero-order valence-electron chi connectivity index (χ0n) is 14.4. The summed E-state index contributed by atoms with van der Waals surface area (Å²) >= 11 is 0. The van der Waals surface area contributed by atoms with Crippen LogP contribution in [-0.4, -0.2) is 60.2 Å². The van der Waals surface area contributed by atoms with Crippen LogP contribution < -0.4 is 4.74 Å². The van der Waals surface area contributed by atoms with Gasteiger partial charge in [0, 0.05) is 24.6 Å². The van der Waals surface area contributed by atoms with E-state index in [2.05, 4.69) is 11.0 Å². The van der Waals surface area contributed by atoms with E-state index in [-0.39, 0.29) is 12.5 Å². The highest BCUT2D eigenvalue weighted by Gasteiger charge is 2.32. The molecule has 1 saturated carbocycles. The van der Waals surface area contributed by atoms with Gasteiger partial charge in [0.15, 0.2) is 0 Å². The van der Waals surface area contributed by atoms with E-state index in [0.29, 0.717) is 19.3 Å². The normalized spacial score (nSPS) is 28.4. The molecule has 0 spiro atoms. The van der Waals surface area contributed by atoms with Crippen LogP contribution in [0.25, 0.3) is 0 Å². The number of rotatable bonds is 6. The van der Waals surface area contributed by atoms with Crippen molar-refractivity contribution in [2.24, 2.45) is 5.92 Å². The molecular weight excluding hydrogens is 306 g/mol. The minimum absolute atomic E-state index is 0.0679. The number of para-hydroxylation sites is 1. The molecule has 3 atom stereocenters. The molecule has 0 amide bonds. The van der Waals surface area contributed by atoms with E-state index in [1.165, 1.54) is 18.4 Å². The minimum atomic E-state index is -0.782. The van der Waals surface area contributed by atoms with E-state index < -0.39 is 12.2 Å². The Morgan fingerprint density at radius 1 is 1.17 bits per heavy atom. The van der Waals surface area contributed by atoms with Crippen molar-refractivity contribution >= 4 is 0 Å². The molecule has 0 aromatic heterocycles. The molecule has 1 aromatic carbocycles. The number of hydrogen-bond donors (Lipinski definition) is 2. The number of nitrogens with zero attached hydrogens (tertiary/aromatic N) is 1. The van der Waals surface area contributed by atoms with E-state index in [9.17, 15) is 10.2 Å². The second kappa shape index (κ2) is 8.30. The summed E-state index contributed by atoms with van der Waals surface area (Å²) in [5.74, 6) is 0.901. The predicted octanol–water partition coefficient (Wildman–Crippen LogP) is 1.81. The largest absolute Gasteiger partial charge is 0.490 e. The van der Waals surface area contributed by atoms with E-state index in [0.717, 1.165) is 25.1 Å². The van der Waals surface area contributed by atoms with E-state index >= 15 is 0 Å². The van der Waals surface area contributed by atoms with Crippen LogP contribution in [0.5, 0.6) is 5.75 Å². The third kappa shape index (κ3) is 4.48. The lowest BCUT2D eigenvalue weighted by Crippen LogP contribution is -2.47. The Hall–Kier alpha value is -1.14.